The predicted molar refractivity (Wildman–Crippen MR) is 145 cm³/mol. The van der Waals surface area contributed by atoms with E-state index in [1.54, 1.807) is 31.4 Å². The Bertz CT molecular complexity index is 1650. The molecule has 0 aromatic heterocycles. The number of amides is 2. The Morgan fingerprint density at radius 1 is 0.789 bits per heavy atom. The number of carbonyl (C=O) groups excluding carboxylic acids is 3. The molecule has 6 heteroatoms. The topological polar surface area (TPSA) is 66.9 Å². The number of fused-ring (bicyclic) bond motifs is 6. The van der Waals surface area contributed by atoms with Crippen LogP contribution >= 0.6 is 0 Å². The van der Waals surface area contributed by atoms with Gasteiger partial charge in [0.05, 0.1) is 30.7 Å². The van der Waals surface area contributed by atoms with E-state index >= 15 is 0 Å². The van der Waals surface area contributed by atoms with Crippen molar-refractivity contribution in [2.75, 3.05) is 12.0 Å². The zero-order valence-corrected chi connectivity index (χ0v) is 20.7. The molecular formula is C32H24N2O4. The molecular weight excluding hydrogens is 476 g/mol. The van der Waals surface area contributed by atoms with Gasteiger partial charge in [-0.1, -0.05) is 60.7 Å². The number of rotatable bonds is 4. The summed E-state index contributed by atoms with van der Waals surface area (Å²) in [6, 6.07) is 26.9. The molecule has 38 heavy (non-hydrogen) atoms. The summed E-state index contributed by atoms with van der Waals surface area (Å²) in [5.41, 5.74) is 2.99. The summed E-state index contributed by atoms with van der Waals surface area (Å²) in [5.74, 6) is -1.62. The van der Waals surface area contributed by atoms with Gasteiger partial charge in [0.15, 0.2) is 5.78 Å². The highest BCUT2D eigenvalue weighted by atomic mass is 16.5. The molecule has 4 atom stereocenters. The second kappa shape index (κ2) is 8.42. The molecule has 2 fully saturated rings. The van der Waals surface area contributed by atoms with E-state index in [2.05, 4.69) is 0 Å². The van der Waals surface area contributed by atoms with Crippen LogP contribution in [0.3, 0.4) is 0 Å². The molecule has 2 saturated heterocycles. The minimum atomic E-state index is -0.808. The molecule has 0 aliphatic carbocycles. The number of ketones is 1. The molecule has 7 rings (SSSR count). The van der Waals surface area contributed by atoms with Crippen molar-refractivity contribution >= 4 is 40.1 Å². The lowest BCUT2D eigenvalue weighted by Crippen LogP contribution is -2.44. The van der Waals surface area contributed by atoms with Gasteiger partial charge in [0.1, 0.15) is 11.8 Å². The van der Waals surface area contributed by atoms with E-state index in [0.717, 1.165) is 21.9 Å². The van der Waals surface area contributed by atoms with Crippen molar-refractivity contribution < 1.29 is 19.1 Å². The van der Waals surface area contributed by atoms with Crippen molar-refractivity contribution in [1.82, 2.24) is 4.90 Å². The van der Waals surface area contributed by atoms with E-state index in [-0.39, 0.29) is 17.6 Å². The van der Waals surface area contributed by atoms with Gasteiger partial charge in [-0.15, -0.1) is 0 Å². The molecule has 186 valence electrons. The van der Waals surface area contributed by atoms with Crippen LogP contribution in [0.4, 0.5) is 5.69 Å². The molecule has 6 nitrogen and oxygen atoms in total. The van der Waals surface area contributed by atoms with Crippen molar-refractivity contribution in [1.29, 1.82) is 0 Å². The van der Waals surface area contributed by atoms with Crippen molar-refractivity contribution in [3.05, 3.63) is 114 Å². The van der Waals surface area contributed by atoms with E-state index in [1.807, 2.05) is 83.9 Å². The summed E-state index contributed by atoms with van der Waals surface area (Å²) in [6.45, 7) is 0. The molecule has 0 unspecified atom stereocenters. The number of nitrogens with zero attached hydrogens (tertiary/aromatic N) is 2. The van der Waals surface area contributed by atoms with Crippen LogP contribution in [0.15, 0.2) is 97.2 Å². The number of methoxy groups -OCH3 is 1. The highest BCUT2D eigenvalue weighted by Crippen LogP contribution is 2.54. The summed E-state index contributed by atoms with van der Waals surface area (Å²) in [5, 5.41) is 1.77. The van der Waals surface area contributed by atoms with Crippen molar-refractivity contribution in [3.63, 3.8) is 0 Å². The third kappa shape index (κ3) is 3.10. The minimum Gasteiger partial charge on any atom is -0.497 e. The van der Waals surface area contributed by atoms with E-state index in [0.29, 0.717) is 17.0 Å². The smallest absolute Gasteiger partial charge is 0.240 e. The minimum absolute atomic E-state index is 0.185. The van der Waals surface area contributed by atoms with Crippen molar-refractivity contribution in [2.24, 2.45) is 11.8 Å². The first-order valence-corrected chi connectivity index (χ1v) is 12.7. The molecule has 4 aromatic carbocycles. The molecule has 0 radical (unpaired) electrons. The lowest BCUT2D eigenvalue weighted by atomic mass is 9.83. The summed E-state index contributed by atoms with van der Waals surface area (Å²) >= 11 is 0. The first-order chi connectivity index (χ1) is 18.6. The fourth-order valence-corrected chi connectivity index (χ4v) is 6.42. The highest BCUT2D eigenvalue weighted by molar-refractivity contribution is 6.27. The summed E-state index contributed by atoms with van der Waals surface area (Å²) < 4.78 is 5.26. The lowest BCUT2D eigenvalue weighted by molar-refractivity contribution is -0.123. The van der Waals surface area contributed by atoms with Gasteiger partial charge in [0, 0.05) is 17.1 Å². The van der Waals surface area contributed by atoms with Gasteiger partial charge in [0.2, 0.25) is 11.8 Å². The Balaban J connectivity index is 1.38. The van der Waals surface area contributed by atoms with Crippen LogP contribution in [0.1, 0.15) is 27.5 Å². The van der Waals surface area contributed by atoms with Crippen LogP contribution in [-0.4, -0.2) is 35.6 Å². The monoisotopic (exact) mass is 500 g/mol. The highest BCUT2D eigenvalue weighted by Gasteiger charge is 2.64. The number of hydrogen-bond donors (Lipinski definition) is 0. The molecule has 0 N–H and O–H groups in total. The normalized spacial score (nSPS) is 23.4. The molecule has 2 amide bonds. The summed E-state index contributed by atoms with van der Waals surface area (Å²) in [7, 11) is 1.57. The van der Waals surface area contributed by atoms with Gasteiger partial charge in [-0.2, -0.15) is 0 Å². The average Bonchev–Trinajstić information content (AvgIpc) is 3.44. The molecule has 3 aliphatic rings. The average molecular weight is 501 g/mol. The van der Waals surface area contributed by atoms with E-state index < -0.39 is 23.9 Å². The van der Waals surface area contributed by atoms with E-state index in [1.165, 1.54) is 4.90 Å². The van der Waals surface area contributed by atoms with Gasteiger partial charge in [-0.3, -0.25) is 14.4 Å². The standard InChI is InChI=1S/C32H24N2O4/c1-38-22-15-13-21(14-16-22)30(35)29-27-26(28-24-11-5-3-8-20(24)17-18-33(28)29)31(36)34(32(27)37)25-12-6-9-19-7-2-4-10-23(19)25/h2-18,26-29H,1H3/t26-,27+,28-,29-/m0/s1. The van der Waals surface area contributed by atoms with Crippen LogP contribution in [0, 0.1) is 11.8 Å². The van der Waals surface area contributed by atoms with Gasteiger partial charge in [0.25, 0.3) is 0 Å². The Hall–Kier alpha value is -4.71. The number of ether oxygens (including phenoxy) is 1. The van der Waals surface area contributed by atoms with Gasteiger partial charge >= 0.3 is 0 Å². The van der Waals surface area contributed by atoms with Crippen LogP contribution in [0.25, 0.3) is 16.8 Å². The second-order valence-electron chi connectivity index (χ2n) is 9.94. The van der Waals surface area contributed by atoms with Gasteiger partial charge in [-0.25, -0.2) is 4.90 Å². The molecule has 4 aromatic rings. The summed E-state index contributed by atoms with van der Waals surface area (Å²) in [4.78, 5) is 45.8. The molecule has 0 saturated carbocycles. The second-order valence-corrected chi connectivity index (χ2v) is 9.94. The van der Waals surface area contributed by atoms with Crippen LogP contribution in [0.5, 0.6) is 5.75 Å². The van der Waals surface area contributed by atoms with Crippen LogP contribution in [0.2, 0.25) is 0 Å². The number of carbonyl (C=O) groups is 3. The maximum atomic E-state index is 14.2. The number of imide groups is 1. The molecule has 0 bridgehead atoms. The van der Waals surface area contributed by atoms with Gasteiger partial charge < -0.3 is 9.64 Å². The van der Waals surface area contributed by atoms with E-state index in [9.17, 15) is 14.4 Å². The van der Waals surface area contributed by atoms with Crippen LogP contribution < -0.4 is 9.64 Å². The maximum absolute atomic E-state index is 14.2. The predicted octanol–water partition coefficient (Wildman–Crippen LogP) is 5.25. The van der Waals surface area contributed by atoms with E-state index in [4.69, 9.17) is 4.74 Å². The zero-order chi connectivity index (χ0) is 26.0. The Morgan fingerprint density at radius 3 is 2.32 bits per heavy atom. The SMILES string of the molecule is COc1ccc(C(=O)[C@@H]2[C@@H]3C(=O)N(c4cccc5ccccc45)C(=O)[C@@H]3[C@@H]3c4ccccc4C=CN23)cc1. The quantitative estimate of drug-likeness (QED) is 0.283. The van der Waals surface area contributed by atoms with Crippen molar-refractivity contribution in [3.8, 4) is 5.75 Å². The Labute approximate surface area is 219 Å². The largest absolute Gasteiger partial charge is 0.497 e. The molecule has 0 spiro atoms. The molecule has 3 heterocycles. The fourth-order valence-electron chi connectivity index (χ4n) is 6.42. The first kappa shape index (κ1) is 22.5. The van der Waals surface area contributed by atoms with Gasteiger partial charge in [-0.05, 0) is 52.9 Å². The fraction of sp³-hybridized carbons (Fsp3) is 0.156. The Kier molecular flexibility index (Phi) is 4.98. The number of hydrogen-bond acceptors (Lipinski definition) is 5. The Morgan fingerprint density at radius 2 is 1.50 bits per heavy atom. The third-order valence-electron chi connectivity index (χ3n) is 8.11. The molecule has 3 aliphatic heterocycles. The number of Topliss-reactive ketones (excluding diaryl/α,β-unsaturated/α-hetero) is 1. The third-order valence-corrected chi connectivity index (χ3v) is 8.11. The zero-order valence-electron chi connectivity index (χ0n) is 20.7. The summed E-state index contributed by atoms with van der Waals surface area (Å²) in [6.07, 6.45) is 3.83. The van der Waals surface area contributed by atoms with Crippen LogP contribution in [-0.2, 0) is 9.59 Å². The van der Waals surface area contributed by atoms with Crippen molar-refractivity contribution in [2.45, 2.75) is 12.1 Å². The first-order valence-electron chi connectivity index (χ1n) is 12.7. The lowest BCUT2D eigenvalue weighted by Gasteiger charge is -2.35. The maximum Gasteiger partial charge on any atom is 0.240 e. The number of anilines is 1. The number of benzene rings is 4.